The first-order valence-corrected chi connectivity index (χ1v) is 8.71. The standard InChI is InChI=1S/C18H31N5O/c1-14(2)17-16(13-23(5)21-17)12-22(4)18(19-3)20-9-6-15-7-10-24-11-8-15/h7,13-14H,6,8-12H2,1-5H3,(H,19,20). The topological polar surface area (TPSA) is 54.7 Å². The molecule has 0 bridgehead atoms. The van der Waals surface area contributed by atoms with Crippen LogP contribution in [0.15, 0.2) is 22.8 Å². The number of ether oxygens (including phenoxy) is 1. The van der Waals surface area contributed by atoms with E-state index >= 15 is 0 Å². The Morgan fingerprint density at radius 3 is 2.92 bits per heavy atom. The molecule has 1 aromatic rings. The van der Waals surface area contributed by atoms with Gasteiger partial charge < -0.3 is 15.0 Å². The lowest BCUT2D eigenvalue weighted by atomic mass is 10.1. The molecule has 0 unspecified atom stereocenters. The SMILES string of the molecule is CN=C(NCCC1=CCOCC1)N(C)Cc1cn(C)nc1C(C)C. The number of aryl methyl sites for hydroxylation is 1. The van der Waals surface area contributed by atoms with Crippen molar-refractivity contribution in [3.63, 3.8) is 0 Å². The minimum Gasteiger partial charge on any atom is -0.377 e. The molecule has 0 atom stereocenters. The summed E-state index contributed by atoms with van der Waals surface area (Å²) in [5.74, 6) is 1.34. The van der Waals surface area contributed by atoms with Crippen LogP contribution in [0.25, 0.3) is 0 Å². The number of rotatable bonds is 6. The Morgan fingerprint density at radius 1 is 1.50 bits per heavy atom. The maximum absolute atomic E-state index is 5.35. The summed E-state index contributed by atoms with van der Waals surface area (Å²) < 4.78 is 7.24. The average Bonchev–Trinajstić information content (AvgIpc) is 2.93. The average molecular weight is 333 g/mol. The maximum Gasteiger partial charge on any atom is 0.193 e. The van der Waals surface area contributed by atoms with Crippen molar-refractivity contribution >= 4 is 5.96 Å². The number of hydrogen-bond acceptors (Lipinski definition) is 3. The van der Waals surface area contributed by atoms with E-state index < -0.39 is 0 Å². The predicted molar refractivity (Wildman–Crippen MR) is 98.3 cm³/mol. The van der Waals surface area contributed by atoms with E-state index in [2.05, 4.69) is 53.5 Å². The Labute approximate surface area is 145 Å². The van der Waals surface area contributed by atoms with E-state index in [4.69, 9.17) is 4.74 Å². The molecule has 134 valence electrons. The van der Waals surface area contributed by atoms with Gasteiger partial charge in [-0.1, -0.05) is 25.5 Å². The summed E-state index contributed by atoms with van der Waals surface area (Å²) in [5.41, 5.74) is 3.89. The summed E-state index contributed by atoms with van der Waals surface area (Å²) in [6.07, 6.45) is 6.39. The fourth-order valence-corrected chi connectivity index (χ4v) is 3.01. The van der Waals surface area contributed by atoms with Crippen LogP contribution >= 0.6 is 0 Å². The van der Waals surface area contributed by atoms with Crippen LogP contribution in [0, 0.1) is 0 Å². The van der Waals surface area contributed by atoms with Crippen molar-refractivity contribution in [2.24, 2.45) is 12.0 Å². The van der Waals surface area contributed by atoms with Crippen LogP contribution in [0.3, 0.4) is 0 Å². The quantitative estimate of drug-likeness (QED) is 0.493. The second-order valence-electron chi connectivity index (χ2n) is 6.64. The largest absolute Gasteiger partial charge is 0.377 e. The molecule has 1 aliphatic rings. The summed E-state index contributed by atoms with van der Waals surface area (Å²) in [5, 5.41) is 8.04. The molecule has 1 aromatic heterocycles. The van der Waals surface area contributed by atoms with Gasteiger partial charge in [-0.3, -0.25) is 9.67 Å². The van der Waals surface area contributed by atoms with Crippen molar-refractivity contribution < 1.29 is 4.74 Å². The van der Waals surface area contributed by atoms with E-state index in [1.807, 2.05) is 18.8 Å². The van der Waals surface area contributed by atoms with Crippen molar-refractivity contribution in [1.29, 1.82) is 0 Å². The number of aromatic nitrogens is 2. The number of hydrogen-bond donors (Lipinski definition) is 1. The van der Waals surface area contributed by atoms with Crippen LogP contribution in [0.5, 0.6) is 0 Å². The third-order valence-corrected chi connectivity index (χ3v) is 4.25. The van der Waals surface area contributed by atoms with E-state index in [-0.39, 0.29) is 0 Å². The molecule has 2 heterocycles. The van der Waals surface area contributed by atoms with E-state index in [0.29, 0.717) is 5.92 Å². The van der Waals surface area contributed by atoms with E-state index in [0.717, 1.165) is 50.8 Å². The van der Waals surface area contributed by atoms with Gasteiger partial charge >= 0.3 is 0 Å². The summed E-state index contributed by atoms with van der Waals surface area (Å²) in [6, 6.07) is 0. The number of guanidine groups is 1. The van der Waals surface area contributed by atoms with E-state index in [9.17, 15) is 0 Å². The zero-order chi connectivity index (χ0) is 17.5. The number of aliphatic imine (C=N–C) groups is 1. The van der Waals surface area contributed by atoms with Gasteiger partial charge in [-0.15, -0.1) is 0 Å². The zero-order valence-corrected chi connectivity index (χ0v) is 15.7. The highest BCUT2D eigenvalue weighted by Gasteiger charge is 2.15. The molecule has 0 amide bonds. The molecule has 0 aromatic carbocycles. The molecule has 2 rings (SSSR count). The minimum absolute atomic E-state index is 0.421. The second kappa shape index (κ2) is 8.87. The molecular formula is C18H31N5O. The zero-order valence-electron chi connectivity index (χ0n) is 15.7. The first-order chi connectivity index (χ1) is 11.5. The van der Waals surface area contributed by atoms with Gasteiger partial charge in [0.25, 0.3) is 0 Å². The lowest BCUT2D eigenvalue weighted by Gasteiger charge is -2.23. The van der Waals surface area contributed by atoms with Crippen LogP contribution in [0.2, 0.25) is 0 Å². The molecule has 0 fully saturated rings. The molecule has 6 heteroatoms. The van der Waals surface area contributed by atoms with Gasteiger partial charge in [-0.05, 0) is 18.8 Å². The maximum atomic E-state index is 5.35. The monoisotopic (exact) mass is 333 g/mol. The lowest BCUT2D eigenvalue weighted by molar-refractivity contribution is 0.153. The van der Waals surface area contributed by atoms with Crippen LogP contribution < -0.4 is 5.32 Å². The lowest BCUT2D eigenvalue weighted by Crippen LogP contribution is -2.39. The summed E-state index contributed by atoms with van der Waals surface area (Å²) >= 11 is 0. The summed E-state index contributed by atoms with van der Waals surface area (Å²) in [7, 11) is 5.88. The Balaban J connectivity index is 1.89. The molecule has 0 aliphatic carbocycles. The second-order valence-corrected chi connectivity index (χ2v) is 6.64. The van der Waals surface area contributed by atoms with Crippen molar-refractivity contribution in [1.82, 2.24) is 20.0 Å². The van der Waals surface area contributed by atoms with E-state index in [1.54, 1.807) is 0 Å². The highest BCUT2D eigenvalue weighted by molar-refractivity contribution is 5.79. The molecule has 6 nitrogen and oxygen atoms in total. The van der Waals surface area contributed by atoms with Crippen LogP contribution in [-0.2, 0) is 18.3 Å². The van der Waals surface area contributed by atoms with Gasteiger partial charge in [-0.25, -0.2) is 0 Å². The van der Waals surface area contributed by atoms with Crippen molar-refractivity contribution in [3.8, 4) is 0 Å². The summed E-state index contributed by atoms with van der Waals surface area (Å²) in [6.45, 7) is 7.66. The molecule has 24 heavy (non-hydrogen) atoms. The first kappa shape index (κ1) is 18.5. The van der Waals surface area contributed by atoms with Gasteiger partial charge in [0.2, 0.25) is 0 Å². The highest BCUT2D eigenvalue weighted by Crippen LogP contribution is 2.18. The Kier molecular flexibility index (Phi) is 6.85. The Bertz CT molecular complexity index is 588. The molecule has 0 saturated heterocycles. The van der Waals surface area contributed by atoms with E-state index in [1.165, 1.54) is 11.1 Å². The van der Waals surface area contributed by atoms with Gasteiger partial charge in [0, 0.05) is 46.0 Å². The fourth-order valence-electron chi connectivity index (χ4n) is 3.01. The predicted octanol–water partition coefficient (Wildman–Crippen LogP) is 2.29. The smallest absolute Gasteiger partial charge is 0.193 e. The molecule has 0 radical (unpaired) electrons. The third kappa shape index (κ3) is 5.09. The fraction of sp³-hybridized carbons (Fsp3) is 0.667. The molecule has 0 spiro atoms. The van der Waals surface area contributed by atoms with Gasteiger partial charge in [0.15, 0.2) is 5.96 Å². The highest BCUT2D eigenvalue weighted by atomic mass is 16.5. The van der Waals surface area contributed by atoms with Crippen LogP contribution in [-0.4, -0.2) is 54.5 Å². The van der Waals surface area contributed by atoms with Gasteiger partial charge in [-0.2, -0.15) is 5.10 Å². The number of nitrogens with zero attached hydrogens (tertiary/aromatic N) is 4. The normalized spacial score (nSPS) is 15.6. The Hall–Kier alpha value is -1.82. The van der Waals surface area contributed by atoms with Crippen molar-refractivity contribution in [3.05, 3.63) is 29.1 Å². The first-order valence-electron chi connectivity index (χ1n) is 8.71. The third-order valence-electron chi connectivity index (χ3n) is 4.25. The molecule has 1 N–H and O–H groups in total. The van der Waals surface area contributed by atoms with Gasteiger partial charge in [0.1, 0.15) is 0 Å². The Morgan fingerprint density at radius 2 is 2.29 bits per heavy atom. The van der Waals surface area contributed by atoms with Crippen molar-refractivity contribution in [2.45, 2.75) is 39.2 Å². The molecular weight excluding hydrogens is 302 g/mol. The number of nitrogens with one attached hydrogen (secondary N) is 1. The van der Waals surface area contributed by atoms with Gasteiger partial charge in [0.05, 0.1) is 18.9 Å². The summed E-state index contributed by atoms with van der Waals surface area (Å²) in [4.78, 5) is 6.56. The minimum atomic E-state index is 0.421. The van der Waals surface area contributed by atoms with Crippen LogP contribution in [0.4, 0.5) is 0 Å². The van der Waals surface area contributed by atoms with Crippen LogP contribution in [0.1, 0.15) is 43.9 Å². The molecule has 0 saturated carbocycles. The van der Waals surface area contributed by atoms with Crippen molar-refractivity contribution in [2.75, 3.05) is 33.9 Å². The molecule has 1 aliphatic heterocycles.